The molecule has 1 unspecified atom stereocenters. The molecule has 168 valence electrons. The highest BCUT2D eigenvalue weighted by molar-refractivity contribution is 9.10. The van der Waals surface area contributed by atoms with E-state index < -0.39 is 10.0 Å². The number of rotatable bonds is 5. The van der Waals surface area contributed by atoms with Crippen molar-refractivity contribution in [3.05, 3.63) is 50.4 Å². The van der Waals surface area contributed by atoms with Crippen LogP contribution in [-0.4, -0.2) is 45.7 Å². The first kappa shape index (κ1) is 23.1. The third kappa shape index (κ3) is 5.49. The molecule has 1 fully saturated rings. The highest BCUT2D eigenvalue weighted by Gasteiger charge is 2.27. The number of piperidine rings is 1. The summed E-state index contributed by atoms with van der Waals surface area (Å²) in [7, 11) is -3.90. The largest absolute Gasteiger partial charge is 0.486 e. The van der Waals surface area contributed by atoms with Gasteiger partial charge in [0.15, 0.2) is 11.5 Å². The third-order valence-electron chi connectivity index (χ3n) is 5.74. The smallest absolute Gasteiger partial charge is 0.239 e. The lowest BCUT2D eigenvalue weighted by Gasteiger charge is -2.35. The van der Waals surface area contributed by atoms with Crippen LogP contribution in [0, 0.1) is 5.92 Å². The molecule has 0 amide bonds. The SMILES string of the molecule is NS(=O)(=O)c1ccc(CC2CCN(CC3COc4ccc(Br)cc4O3)CC2)c(Cl)c1Cl. The van der Waals surface area contributed by atoms with Crippen molar-refractivity contribution in [2.75, 3.05) is 26.2 Å². The number of sulfonamides is 1. The van der Waals surface area contributed by atoms with Gasteiger partial charge in [-0.25, -0.2) is 13.6 Å². The number of hydrogen-bond donors (Lipinski definition) is 1. The zero-order valence-corrected chi connectivity index (χ0v) is 20.6. The summed E-state index contributed by atoms with van der Waals surface area (Å²) in [4.78, 5) is 2.26. The molecule has 1 atom stereocenters. The van der Waals surface area contributed by atoms with Crippen LogP contribution in [0.2, 0.25) is 10.0 Å². The summed E-state index contributed by atoms with van der Waals surface area (Å²) in [6.07, 6.45) is 2.78. The zero-order valence-electron chi connectivity index (χ0n) is 16.7. The normalized spacial score (nSPS) is 20.1. The van der Waals surface area contributed by atoms with Crippen LogP contribution in [-0.2, 0) is 16.4 Å². The first-order valence-corrected chi connectivity index (χ1v) is 13.1. The van der Waals surface area contributed by atoms with E-state index in [4.69, 9.17) is 37.8 Å². The van der Waals surface area contributed by atoms with Gasteiger partial charge in [-0.05, 0) is 68.1 Å². The minimum absolute atomic E-state index is 0.000433. The molecule has 0 saturated carbocycles. The van der Waals surface area contributed by atoms with Crippen LogP contribution in [0.5, 0.6) is 11.5 Å². The van der Waals surface area contributed by atoms with Gasteiger partial charge in [-0.2, -0.15) is 0 Å². The van der Waals surface area contributed by atoms with Gasteiger partial charge < -0.3 is 9.47 Å². The second-order valence-corrected chi connectivity index (χ2v) is 11.2. The number of halogens is 3. The van der Waals surface area contributed by atoms with E-state index in [1.165, 1.54) is 6.07 Å². The average Bonchev–Trinajstić information content (AvgIpc) is 2.71. The van der Waals surface area contributed by atoms with E-state index in [9.17, 15) is 8.42 Å². The summed E-state index contributed by atoms with van der Waals surface area (Å²) in [6.45, 7) is 3.26. The fourth-order valence-electron chi connectivity index (χ4n) is 4.10. The molecule has 2 N–H and O–H groups in total. The molecular weight excluding hydrogens is 527 g/mol. The van der Waals surface area contributed by atoms with Gasteiger partial charge in [0, 0.05) is 11.0 Å². The Morgan fingerprint density at radius 1 is 1.10 bits per heavy atom. The fourth-order valence-corrected chi connectivity index (χ4v) is 5.86. The van der Waals surface area contributed by atoms with Gasteiger partial charge in [0.2, 0.25) is 10.0 Å². The molecule has 2 aliphatic rings. The van der Waals surface area contributed by atoms with Gasteiger partial charge >= 0.3 is 0 Å². The van der Waals surface area contributed by atoms with Gasteiger partial charge in [0.25, 0.3) is 0 Å². The molecule has 0 radical (unpaired) electrons. The number of benzene rings is 2. The summed E-state index contributed by atoms with van der Waals surface area (Å²) in [5.74, 6) is 2.00. The van der Waals surface area contributed by atoms with Gasteiger partial charge in [-0.1, -0.05) is 45.2 Å². The molecule has 0 spiro atoms. The molecule has 2 heterocycles. The van der Waals surface area contributed by atoms with Crippen molar-refractivity contribution >= 4 is 49.2 Å². The van der Waals surface area contributed by atoms with Crippen LogP contribution in [0.4, 0.5) is 0 Å². The molecule has 0 bridgehead atoms. The van der Waals surface area contributed by atoms with E-state index in [2.05, 4.69) is 20.8 Å². The monoisotopic (exact) mass is 548 g/mol. The molecule has 10 heteroatoms. The van der Waals surface area contributed by atoms with Crippen LogP contribution < -0.4 is 14.6 Å². The standard InChI is InChI=1S/C21H23BrCl2N2O4S/c22-15-2-3-17-18(10-15)30-16(12-29-17)11-26-7-5-13(6-8-26)9-14-1-4-19(31(25,27)28)21(24)20(14)23/h1-4,10,13,16H,5-9,11-12H2,(H2,25,27,28). The number of fused-ring (bicyclic) bond motifs is 1. The Balaban J connectivity index is 1.31. The number of primary sulfonamides is 1. The highest BCUT2D eigenvalue weighted by atomic mass is 79.9. The topological polar surface area (TPSA) is 81.9 Å². The maximum absolute atomic E-state index is 11.6. The van der Waals surface area contributed by atoms with Crippen molar-refractivity contribution in [1.29, 1.82) is 0 Å². The molecule has 0 aliphatic carbocycles. The number of likely N-dealkylation sites (tertiary alicyclic amines) is 1. The average molecular weight is 550 g/mol. The lowest BCUT2D eigenvalue weighted by Crippen LogP contribution is -2.44. The minimum Gasteiger partial charge on any atom is -0.486 e. The van der Waals surface area contributed by atoms with Crippen LogP contribution in [0.1, 0.15) is 18.4 Å². The van der Waals surface area contributed by atoms with E-state index in [1.807, 2.05) is 18.2 Å². The second kappa shape index (κ2) is 9.45. The maximum atomic E-state index is 11.6. The molecule has 6 nitrogen and oxygen atoms in total. The Bertz CT molecular complexity index is 1080. The Morgan fingerprint density at radius 3 is 2.55 bits per heavy atom. The number of nitrogens with zero attached hydrogens (tertiary/aromatic N) is 1. The number of nitrogens with two attached hydrogens (primary N) is 1. The second-order valence-electron chi connectivity index (χ2n) is 7.99. The van der Waals surface area contributed by atoms with Crippen LogP contribution >= 0.6 is 39.1 Å². The fraction of sp³-hybridized carbons (Fsp3) is 0.429. The quantitative estimate of drug-likeness (QED) is 0.594. The number of ether oxygens (including phenoxy) is 2. The Kier molecular flexibility index (Phi) is 7.05. The first-order valence-electron chi connectivity index (χ1n) is 10.0. The molecule has 2 aliphatic heterocycles. The minimum atomic E-state index is -3.90. The Labute approximate surface area is 200 Å². The van der Waals surface area contributed by atoms with Crippen molar-refractivity contribution in [3.8, 4) is 11.5 Å². The molecular formula is C21H23BrCl2N2O4S. The first-order chi connectivity index (χ1) is 14.7. The van der Waals surface area contributed by atoms with E-state index in [-0.39, 0.29) is 21.0 Å². The van der Waals surface area contributed by atoms with Gasteiger partial charge in [-0.15, -0.1) is 0 Å². The molecule has 2 aromatic carbocycles. The predicted molar refractivity (Wildman–Crippen MR) is 125 cm³/mol. The highest BCUT2D eigenvalue weighted by Crippen LogP contribution is 2.36. The molecule has 2 aromatic rings. The van der Waals surface area contributed by atoms with E-state index in [0.29, 0.717) is 12.5 Å². The van der Waals surface area contributed by atoms with Crippen molar-refractivity contribution in [2.24, 2.45) is 11.1 Å². The molecule has 1 saturated heterocycles. The van der Waals surface area contributed by atoms with Crippen molar-refractivity contribution in [1.82, 2.24) is 4.90 Å². The van der Waals surface area contributed by atoms with Crippen molar-refractivity contribution < 1.29 is 17.9 Å². The van der Waals surface area contributed by atoms with Gasteiger partial charge in [-0.3, -0.25) is 4.90 Å². The van der Waals surface area contributed by atoms with Crippen molar-refractivity contribution in [3.63, 3.8) is 0 Å². The molecule has 0 aromatic heterocycles. The lowest BCUT2D eigenvalue weighted by molar-refractivity contribution is 0.0477. The van der Waals surface area contributed by atoms with Crippen LogP contribution in [0.3, 0.4) is 0 Å². The molecule has 4 rings (SSSR count). The summed E-state index contributed by atoms with van der Waals surface area (Å²) in [5.41, 5.74) is 0.851. The van der Waals surface area contributed by atoms with Crippen LogP contribution in [0.25, 0.3) is 0 Å². The van der Waals surface area contributed by atoms with Crippen molar-refractivity contribution in [2.45, 2.75) is 30.3 Å². The van der Waals surface area contributed by atoms with E-state index in [1.54, 1.807) is 6.07 Å². The summed E-state index contributed by atoms with van der Waals surface area (Å²) in [6, 6.07) is 8.93. The Morgan fingerprint density at radius 2 is 1.84 bits per heavy atom. The zero-order chi connectivity index (χ0) is 22.2. The van der Waals surface area contributed by atoms with Gasteiger partial charge in [0.05, 0.1) is 10.0 Å². The van der Waals surface area contributed by atoms with Gasteiger partial charge in [0.1, 0.15) is 17.6 Å². The summed E-state index contributed by atoms with van der Waals surface area (Å²) in [5, 5.41) is 5.46. The molecule has 31 heavy (non-hydrogen) atoms. The van der Waals surface area contributed by atoms with E-state index in [0.717, 1.165) is 60.4 Å². The summed E-state index contributed by atoms with van der Waals surface area (Å²) < 4.78 is 36.1. The number of hydrogen-bond acceptors (Lipinski definition) is 5. The lowest BCUT2D eigenvalue weighted by atomic mass is 9.90. The van der Waals surface area contributed by atoms with E-state index >= 15 is 0 Å². The maximum Gasteiger partial charge on any atom is 0.239 e. The summed E-state index contributed by atoms with van der Waals surface area (Å²) >= 11 is 16.0. The Hall–Kier alpha value is -1.03. The predicted octanol–water partition coefficient (Wildman–Crippen LogP) is 4.50. The third-order valence-corrected chi connectivity index (χ3v) is 8.21. The van der Waals surface area contributed by atoms with Crippen LogP contribution in [0.15, 0.2) is 39.7 Å².